The smallest absolute Gasteiger partial charge is 0.348 e. The molecule has 5 atom stereocenters. The second kappa shape index (κ2) is 16.7. The van der Waals surface area contributed by atoms with Gasteiger partial charge >= 0.3 is 5.97 Å². The lowest BCUT2D eigenvalue weighted by molar-refractivity contribution is -0.175. The predicted molar refractivity (Wildman–Crippen MR) is 208 cm³/mol. The third-order valence-corrected chi connectivity index (χ3v) is 16.6. The van der Waals surface area contributed by atoms with Crippen molar-refractivity contribution in [2.45, 2.75) is 173 Å². The van der Waals surface area contributed by atoms with Crippen LogP contribution in [0.3, 0.4) is 0 Å². The maximum atomic E-state index is 13.1. The first-order valence-electron chi connectivity index (χ1n) is 19.4. The molecule has 3 saturated heterocycles. The molecule has 0 saturated carbocycles. The SMILES string of the molecule is CCCCC[C@H](O[Si](C)(C)C(C)(C)C)c1ccc(N2C(=O)CC[C@@H]2CCCc2ccc(C(=O)OC[C@H]3OC(C)(C)O[C@@H]3[C@@H]3COC(C)(C)O3)s2)cc1. The number of aryl methyl sites for hydroxylation is 1. The Balaban J connectivity index is 1.13. The topological polar surface area (TPSA) is 92.8 Å². The van der Waals surface area contributed by atoms with Crippen molar-refractivity contribution in [2.24, 2.45) is 0 Å². The van der Waals surface area contributed by atoms with E-state index in [9.17, 15) is 9.59 Å². The van der Waals surface area contributed by atoms with E-state index in [1.807, 2.05) is 44.7 Å². The number of anilines is 1. The van der Waals surface area contributed by atoms with Gasteiger partial charge in [0.25, 0.3) is 0 Å². The predicted octanol–water partition coefficient (Wildman–Crippen LogP) is 9.74. The van der Waals surface area contributed by atoms with Gasteiger partial charge in [0, 0.05) is 23.0 Å². The molecular formula is C41H63NO8SSi. The second-order valence-electron chi connectivity index (χ2n) is 17.2. The molecule has 0 radical (unpaired) electrons. The van der Waals surface area contributed by atoms with Gasteiger partial charge in [0.2, 0.25) is 5.91 Å². The van der Waals surface area contributed by atoms with Gasteiger partial charge in [-0.15, -0.1) is 11.3 Å². The number of benzene rings is 1. The molecule has 3 fully saturated rings. The van der Waals surface area contributed by atoms with Crippen molar-refractivity contribution in [2.75, 3.05) is 18.1 Å². The monoisotopic (exact) mass is 757 g/mol. The number of rotatable bonds is 16. The molecular weight excluding hydrogens is 695 g/mol. The maximum Gasteiger partial charge on any atom is 0.348 e. The van der Waals surface area contributed by atoms with Gasteiger partial charge < -0.3 is 33.0 Å². The van der Waals surface area contributed by atoms with Gasteiger partial charge in [0.15, 0.2) is 19.9 Å². The average Bonchev–Trinajstić information content (AvgIpc) is 3.84. The van der Waals surface area contributed by atoms with E-state index in [0.717, 1.165) is 49.1 Å². The summed E-state index contributed by atoms with van der Waals surface area (Å²) in [6, 6.07) is 12.6. The van der Waals surface area contributed by atoms with Crippen molar-refractivity contribution in [3.8, 4) is 0 Å². The van der Waals surface area contributed by atoms with Crippen LogP contribution in [-0.4, -0.2) is 69.3 Å². The van der Waals surface area contributed by atoms with Crippen molar-refractivity contribution in [1.29, 1.82) is 0 Å². The Morgan fingerprint density at radius 3 is 2.38 bits per heavy atom. The lowest BCUT2D eigenvalue weighted by Crippen LogP contribution is -2.41. The summed E-state index contributed by atoms with van der Waals surface area (Å²) in [5, 5.41) is 0.139. The fourth-order valence-corrected chi connectivity index (χ4v) is 9.44. The van der Waals surface area contributed by atoms with Crippen LogP contribution in [0.15, 0.2) is 36.4 Å². The number of nitrogens with zero attached hydrogens (tertiary/aromatic N) is 1. The highest BCUT2D eigenvalue weighted by molar-refractivity contribution is 7.13. The van der Waals surface area contributed by atoms with Crippen LogP contribution in [0.2, 0.25) is 18.1 Å². The summed E-state index contributed by atoms with van der Waals surface area (Å²) in [4.78, 5) is 29.9. The van der Waals surface area contributed by atoms with Crippen molar-refractivity contribution < 1.29 is 37.7 Å². The molecule has 0 bridgehead atoms. The minimum Gasteiger partial charge on any atom is -0.459 e. The Kier molecular flexibility index (Phi) is 13.2. The van der Waals surface area contributed by atoms with Crippen LogP contribution in [0.4, 0.5) is 5.69 Å². The average molecular weight is 758 g/mol. The zero-order valence-corrected chi connectivity index (χ0v) is 35.1. The van der Waals surface area contributed by atoms with Crippen LogP contribution in [0.1, 0.15) is 133 Å². The number of carbonyl (C=O) groups excluding carboxylic acids is 2. The van der Waals surface area contributed by atoms with E-state index < -0.39 is 32.1 Å². The summed E-state index contributed by atoms with van der Waals surface area (Å²) in [6.07, 6.45) is 7.53. The van der Waals surface area contributed by atoms with Gasteiger partial charge in [-0.3, -0.25) is 4.79 Å². The molecule has 0 spiro atoms. The summed E-state index contributed by atoms with van der Waals surface area (Å²) >= 11 is 1.46. The van der Waals surface area contributed by atoms with Crippen LogP contribution in [0.5, 0.6) is 0 Å². The maximum absolute atomic E-state index is 13.1. The lowest BCUT2D eigenvalue weighted by atomic mass is 10.0. The Bertz CT molecular complexity index is 1500. The van der Waals surface area contributed by atoms with Gasteiger partial charge in [-0.25, -0.2) is 4.79 Å². The molecule has 2 aromatic rings. The number of carbonyl (C=O) groups is 2. The molecule has 1 amide bonds. The normalized spacial score (nSPS) is 25.2. The summed E-state index contributed by atoms with van der Waals surface area (Å²) in [5.41, 5.74) is 2.17. The summed E-state index contributed by atoms with van der Waals surface area (Å²) in [7, 11) is -1.95. The standard InChI is InChI=1S/C41H63NO8SSi/c1-11-12-13-17-32(50-52(9,10)39(2,3)4)28-18-20-30(21-19-28)42-29(22-25-36(42)43)15-14-16-31-23-24-35(51-31)38(44)45-26-33-37(49-41(7,8)48-33)34-27-46-40(5,6)47-34/h18-21,23-24,29,32-34,37H,11-17,22,25-27H2,1-10H3/t29-,32-,33+,34-,37-/m0/s1. The zero-order valence-electron chi connectivity index (χ0n) is 33.3. The molecule has 5 rings (SSSR count). The molecule has 0 aliphatic carbocycles. The van der Waals surface area contributed by atoms with E-state index in [1.165, 1.54) is 29.7 Å². The van der Waals surface area contributed by atoms with Crippen LogP contribution >= 0.6 is 11.3 Å². The van der Waals surface area contributed by atoms with E-state index in [0.29, 0.717) is 17.9 Å². The minimum absolute atomic E-state index is 0.0656. The third kappa shape index (κ3) is 10.3. The van der Waals surface area contributed by atoms with E-state index in [4.69, 9.17) is 28.1 Å². The Labute approximate surface area is 317 Å². The minimum atomic E-state index is -1.95. The number of ether oxygens (including phenoxy) is 5. The highest BCUT2D eigenvalue weighted by Crippen LogP contribution is 2.42. The highest BCUT2D eigenvalue weighted by atomic mass is 32.1. The third-order valence-electron chi connectivity index (χ3n) is 11.0. The van der Waals surface area contributed by atoms with E-state index in [2.05, 4.69) is 65.1 Å². The number of esters is 1. The summed E-state index contributed by atoms with van der Waals surface area (Å²) < 4.78 is 36.6. The van der Waals surface area contributed by atoms with Crippen molar-refractivity contribution in [3.63, 3.8) is 0 Å². The molecule has 290 valence electrons. The van der Waals surface area contributed by atoms with Gasteiger partial charge in [0.1, 0.15) is 29.8 Å². The molecule has 52 heavy (non-hydrogen) atoms. The van der Waals surface area contributed by atoms with Crippen molar-refractivity contribution >= 4 is 37.2 Å². The molecule has 1 aromatic carbocycles. The molecule has 0 N–H and O–H groups in total. The number of hydrogen-bond acceptors (Lipinski definition) is 9. The number of amides is 1. The largest absolute Gasteiger partial charge is 0.459 e. The molecule has 9 nitrogen and oxygen atoms in total. The molecule has 4 heterocycles. The second-order valence-corrected chi connectivity index (χ2v) is 23.1. The fourth-order valence-electron chi connectivity index (χ4n) is 7.17. The number of hydrogen-bond donors (Lipinski definition) is 0. The summed E-state index contributed by atoms with van der Waals surface area (Å²) in [6.45, 7) is 21.7. The quantitative estimate of drug-likeness (QED) is 0.0950. The summed E-state index contributed by atoms with van der Waals surface area (Å²) in [5.74, 6) is -1.68. The lowest BCUT2D eigenvalue weighted by Gasteiger charge is -2.39. The number of unbranched alkanes of at least 4 members (excludes halogenated alkanes) is 2. The van der Waals surface area contributed by atoms with Crippen LogP contribution < -0.4 is 4.90 Å². The molecule has 11 heteroatoms. The van der Waals surface area contributed by atoms with Gasteiger partial charge in [-0.2, -0.15) is 0 Å². The molecule has 3 aliphatic rings. The van der Waals surface area contributed by atoms with Crippen molar-refractivity contribution in [1.82, 2.24) is 0 Å². The Hall–Kier alpha value is -2.12. The fraction of sp³-hybridized carbons (Fsp3) is 0.707. The van der Waals surface area contributed by atoms with Crippen molar-refractivity contribution in [3.05, 3.63) is 51.7 Å². The molecule has 3 aliphatic heterocycles. The van der Waals surface area contributed by atoms with Gasteiger partial charge in [-0.05, 0) is 108 Å². The zero-order chi connectivity index (χ0) is 37.9. The van der Waals surface area contributed by atoms with Gasteiger partial charge in [-0.1, -0.05) is 59.1 Å². The Morgan fingerprint density at radius 2 is 1.73 bits per heavy atom. The first kappa shape index (κ1) is 41.0. The highest BCUT2D eigenvalue weighted by Gasteiger charge is 2.50. The van der Waals surface area contributed by atoms with Crippen LogP contribution in [-0.2, 0) is 39.3 Å². The van der Waals surface area contributed by atoms with E-state index in [1.54, 1.807) is 0 Å². The van der Waals surface area contributed by atoms with Gasteiger partial charge in [0.05, 0.1) is 12.7 Å². The first-order chi connectivity index (χ1) is 24.4. The Morgan fingerprint density at radius 1 is 1.00 bits per heavy atom. The van der Waals surface area contributed by atoms with E-state index in [-0.39, 0.29) is 41.8 Å². The van der Waals surface area contributed by atoms with Crippen LogP contribution in [0.25, 0.3) is 0 Å². The first-order valence-corrected chi connectivity index (χ1v) is 23.1. The van der Waals surface area contributed by atoms with E-state index >= 15 is 0 Å². The van der Waals surface area contributed by atoms with Crippen LogP contribution in [0, 0.1) is 0 Å². The molecule has 1 aromatic heterocycles. The molecule has 0 unspecified atom stereocenters. The number of thiophene rings is 1.